The molecule has 5 nitrogen and oxygen atoms in total. The molecule has 1 atom stereocenters. The van der Waals surface area contributed by atoms with Crippen molar-refractivity contribution in [2.45, 2.75) is 59.3 Å². The summed E-state index contributed by atoms with van der Waals surface area (Å²) in [6.07, 6.45) is 0.324. The van der Waals surface area contributed by atoms with Gasteiger partial charge >= 0.3 is 7.60 Å². The molecule has 0 aliphatic carbocycles. The van der Waals surface area contributed by atoms with Crippen LogP contribution >= 0.6 is 7.60 Å². The minimum atomic E-state index is -3.27. The number of hydrogen-bond acceptors (Lipinski definition) is 5. The van der Waals surface area contributed by atoms with E-state index in [4.69, 9.17) is 19.5 Å². The van der Waals surface area contributed by atoms with E-state index in [1.165, 1.54) is 0 Å². The van der Waals surface area contributed by atoms with E-state index < -0.39 is 7.60 Å². The number of hydrogen-bond donors (Lipinski definition) is 1. The highest BCUT2D eigenvalue weighted by Gasteiger charge is 2.28. The van der Waals surface area contributed by atoms with Crippen molar-refractivity contribution in [1.29, 1.82) is 0 Å². The molecule has 0 saturated heterocycles. The minimum Gasteiger partial charge on any atom is -0.481 e. The predicted octanol–water partition coefficient (Wildman–Crippen LogP) is 3.96. The summed E-state index contributed by atoms with van der Waals surface area (Å²) in [5, 5.41) is 0. The summed E-state index contributed by atoms with van der Waals surface area (Å²) in [5.41, 5.74) is 6.91. The van der Waals surface area contributed by atoms with Crippen LogP contribution in [0.5, 0.6) is 5.75 Å². The molecule has 0 amide bonds. The summed E-state index contributed by atoms with van der Waals surface area (Å²) in [7, 11) is -3.27. The molecule has 0 radical (unpaired) electrons. The average molecular weight is 329 g/mol. The second kappa shape index (κ2) is 8.68. The van der Waals surface area contributed by atoms with Gasteiger partial charge in [-0.25, -0.2) is 0 Å². The monoisotopic (exact) mass is 329 g/mol. The Morgan fingerprint density at radius 2 is 1.50 bits per heavy atom. The lowest BCUT2D eigenvalue weighted by molar-refractivity contribution is 0.129. The molecule has 0 spiro atoms. The van der Waals surface area contributed by atoms with Crippen LogP contribution in [-0.2, 0) is 20.0 Å². The van der Waals surface area contributed by atoms with E-state index >= 15 is 0 Å². The van der Waals surface area contributed by atoms with Gasteiger partial charge in [0.05, 0.1) is 12.2 Å². The van der Waals surface area contributed by atoms with E-state index in [0.717, 1.165) is 12.0 Å². The Bertz CT molecular complexity index is 471. The fourth-order valence-electron chi connectivity index (χ4n) is 1.98. The normalized spacial score (nSPS) is 13.6. The van der Waals surface area contributed by atoms with Crippen molar-refractivity contribution in [3.8, 4) is 5.75 Å². The molecule has 0 fully saturated rings. The zero-order chi connectivity index (χ0) is 16.8. The van der Waals surface area contributed by atoms with Gasteiger partial charge in [0.15, 0.2) is 6.35 Å². The smallest absolute Gasteiger partial charge is 0.368 e. The van der Waals surface area contributed by atoms with Crippen LogP contribution in [0.1, 0.15) is 40.2 Å². The highest BCUT2D eigenvalue weighted by molar-refractivity contribution is 7.53. The summed E-state index contributed by atoms with van der Waals surface area (Å²) in [5.74, 6) is 0.633. The number of ether oxygens (including phenoxy) is 1. The third-order valence-electron chi connectivity index (χ3n) is 2.61. The van der Waals surface area contributed by atoms with Gasteiger partial charge < -0.3 is 19.5 Å². The zero-order valence-corrected chi connectivity index (χ0v) is 15.0. The van der Waals surface area contributed by atoms with Crippen LogP contribution in [0.4, 0.5) is 0 Å². The Morgan fingerprint density at radius 3 is 1.91 bits per heavy atom. The molecule has 0 heterocycles. The van der Waals surface area contributed by atoms with Crippen LogP contribution in [0.25, 0.3) is 0 Å². The van der Waals surface area contributed by atoms with Crippen molar-refractivity contribution in [2.75, 3.05) is 6.35 Å². The summed E-state index contributed by atoms with van der Waals surface area (Å²) in [6.45, 7) is 9.24. The molecule has 1 aromatic rings. The Kier molecular flexibility index (Phi) is 7.57. The van der Waals surface area contributed by atoms with E-state index in [1.54, 1.807) is 0 Å². The van der Waals surface area contributed by atoms with Gasteiger partial charge in [-0.15, -0.1) is 0 Å². The SMILES string of the molecule is CC(C)OP(=O)(COc1ccc(C[C@@H](C)N)cc1)OC(C)C. The first-order valence-corrected chi connectivity index (χ1v) is 9.36. The molecule has 0 aromatic heterocycles. The topological polar surface area (TPSA) is 70.8 Å². The second-order valence-electron chi connectivity index (χ2n) is 6.02. The van der Waals surface area contributed by atoms with Crippen molar-refractivity contribution in [3.63, 3.8) is 0 Å². The first kappa shape index (κ1) is 19.2. The van der Waals surface area contributed by atoms with Gasteiger partial charge in [-0.2, -0.15) is 0 Å². The molecular formula is C16H28NO4P. The molecule has 126 valence electrons. The van der Waals surface area contributed by atoms with Crippen LogP contribution in [0.15, 0.2) is 24.3 Å². The molecule has 0 aliphatic rings. The molecule has 1 rings (SSSR count). The third kappa shape index (κ3) is 7.41. The fourth-order valence-corrected chi connectivity index (χ4v) is 3.74. The van der Waals surface area contributed by atoms with Crippen molar-refractivity contribution < 1.29 is 18.3 Å². The van der Waals surface area contributed by atoms with E-state index in [-0.39, 0.29) is 24.6 Å². The predicted molar refractivity (Wildman–Crippen MR) is 89.3 cm³/mol. The van der Waals surface area contributed by atoms with Gasteiger partial charge in [-0.3, -0.25) is 4.57 Å². The fraction of sp³-hybridized carbons (Fsp3) is 0.625. The molecule has 0 bridgehead atoms. The van der Waals surface area contributed by atoms with Crippen molar-refractivity contribution >= 4 is 7.60 Å². The number of nitrogens with two attached hydrogens (primary N) is 1. The Hall–Kier alpha value is -0.870. The van der Waals surface area contributed by atoms with E-state index in [9.17, 15) is 4.57 Å². The third-order valence-corrected chi connectivity index (χ3v) is 4.54. The van der Waals surface area contributed by atoms with Gasteiger partial charge in [0.25, 0.3) is 0 Å². The maximum atomic E-state index is 12.6. The molecule has 6 heteroatoms. The molecule has 2 N–H and O–H groups in total. The maximum Gasteiger partial charge on any atom is 0.368 e. The number of rotatable bonds is 9. The van der Waals surface area contributed by atoms with Crippen molar-refractivity contribution in [2.24, 2.45) is 5.73 Å². The van der Waals surface area contributed by atoms with Gasteiger partial charge in [0.2, 0.25) is 0 Å². The largest absolute Gasteiger partial charge is 0.481 e. The molecule has 1 aromatic carbocycles. The highest BCUT2D eigenvalue weighted by atomic mass is 31.2. The standard InChI is InChI=1S/C16H28NO4P/c1-12(2)20-22(18,21-13(3)4)11-19-16-8-6-15(7-9-16)10-14(5)17/h6-9,12-14H,10-11,17H2,1-5H3/t14-/m1/s1. The molecule has 0 unspecified atom stereocenters. The summed E-state index contributed by atoms with van der Waals surface area (Å²) in [6, 6.07) is 7.71. The summed E-state index contributed by atoms with van der Waals surface area (Å²) >= 11 is 0. The first-order chi connectivity index (χ1) is 10.2. The van der Waals surface area contributed by atoms with Crippen molar-refractivity contribution in [1.82, 2.24) is 0 Å². The molecule has 22 heavy (non-hydrogen) atoms. The highest BCUT2D eigenvalue weighted by Crippen LogP contribution is 2.50. The molecule has 0 saturated carbocycles. The maximum absolute atomic E-state index is 12.6. The Balaban J connectivity index is 2.66. The Labute approximate surface area is 133 Å². The summed E-state index contributed by atoms with van der Waals surface area (Å²) < 4.78 is 29.1. The zero-order valence-electron chi connectivity index (χ0n) is 14.1. The minimum absolute atomic E-state index is 0.101. The van der Waals surface area contributed by atoms with Gasteiger partial charge in [0.1, 0.15) is 5.75 Å². The van der Waals surface area contributed by atoms with Gasteiger partial charge in [-0.1, -0.05) is 12.1 Å². The van der Waals surface area contributed by atoms with Crippen LogP contribution < -0.4 is 10.5 Å². The van der Waals surface area contributed by atoms with Crippen LogP contribution in [-0.4, -0.2) is 24.6 Å². The van der Waals surface area contributed by atoms with E-state index in [2.05, 4.69) is 0 Å². The van der Waals surface area contributed by atoms with Crippen LogP contribution in [0.2, 0.25) is 0 Å². The lowest BCUT2D eigenvalue weighted by atomic mass is 10.1. The van der Waals surface area contributed by atoms with Crippen molar-refractivity contribution in [3.05, 3.63) is 29.8 Å². The average Bonchev–Trinajstić information content (AvgIpc) is 2.35. The van der Waals surface area contributed by atoms with Gasteiger partial charge in [0, 0.05) is 6.04 Å². The van der Waals surface area contributed by atoms with E-state index in [0.29, 0.717) is 5.75 Å². The summed E-state index contributed by atoms with van der Waals surface area (Å²) in [4.78, 5) is 0. The first-order valence-electron chi connectivity index (χ1n) is 7.63. The van der Waals surface area contributed by atoms with Crippen LogP contribution in [0.3, 0.4) is 0 Å². The number of benzene rings is 1. The van der Waals surface area contributed by atoms with E-state index in [1.807, 2.05) is 58.9 Å². The Morgan fingerprint density at radius 1 is 1.00 bits per heavy atom. The lowest BCUT2D eigenvalue weighted by Crippen LogP contribution is -2.17. The molecular weight excluding hydrogens is 301 g/mol. The molecule has 0 aliphatic heterocycles. The second-order valence-corrected chi connectivity index (χ2v) is 7.92. The van der Waals surface area contributed by atoms with Gasteiger partial charge in [-0.05, 0) is 58.7 Å². The quantitative estimate of drug-likeness (QED) is 0.695. The lowest BCUT2D eigenvalue weighted by Gasteiger charge is -2.22. The van der Waals surface area contributed by atoms with Crippen LogP contribution in [0, 0.1) is 0 Å².